The zero-order valence-electron chi connectivity index (χ0n) is 14.7. The Labute approximate surface area is 143 Å². The van der Waals surface area contributed by atoms with Crippen LogP contribution in [0.5, 0.6) is 0 Å². The molecule has 3 rings (SSSR count). The summed E-state index contributed by atoms with van der Waals surface area (Å²) >= 11 is 0. The van der Waals surface area contributed by atoms with E-state index in [1.165, 1.54) is 4.90 Å². The van der Waals surface area contributed by atoms with Crippen LogP contribution in [0.1, 0.15) is 13.8 Å². The third kappa shape index (κ3) is 3.44. The van der Waals surface area contributed by atoms with Crippen LogP contribution in [0.25, 0.3) is 10.9 Å². The standard InChI is InChI=1S/C18H27N5O/c1-3-22(4-2)17-15-7-5-6-8-16(15)19-18(20-17)23-11-9-21(10-12-23)13-14-24/h5-8,24H,3-4,9-14H2,1-2H3/p+1. The number of aliphatic hydroxyl groups excluding tert-OH is 1. The highest BCUT2D eigenvalue weighted by atomic mass is 16.3. The average molecular weight is 330 g/mol. The predicted molar refractivity (Wildman–Crippen MR) is 98.0 cm³/mol. The van der Waals surface area contributed by atoms with Gasteiger partial charge in [-0.3, -0.25) is 0 Å². The molecule has 1 aromatic heterocycles. The molecule has 1 aliphatic rings. The Morgan fingerprint density at radius 2 is 1.83 bits per heavy atom. The first kappa shape index (κ1) is 16.9. The lowest BCUT2D eigenvalue weighted by atomic mass is 10.2. The quantitative estimate of drug-likeness (QED) is 0.791. The Morgan fingerprint density at radius 1 is 1.12 bits per heavy atom. The van der Waals surface area contributed by atoms with Gasteiger partial charge in [-0.1, -0.05) is 12.1 Å². The van der Waals surface area contributed by atoms with Crippen LogP contribution >= 0.6 is 0 Å². The van der Waals surface area contributed by atoms with Crippen molar-refractivity contribution in [2.45, 2.75) is 13.8 Å². The first-order valence-electron chi connectivity index (χ1n) is 8.98. The van der Waals surface area contributed by atoms with Gasteiger partial charge in [0, 0.05) is 18.5 Å². The number of fused-ring (bicyclic) bond motifs is 1. The molecular weight excluding hydrogens is 302 g/mol. The molecule has 0 amide bonds. The van der Waals surface area contributed by atoms with Crippen molar-refractivity contribution in [3.8, 4) is 0 Å². The maximum Gasteiger partial charge on any atom is 0.228 e. The first-order valence-corrected chi connectivity index (χ1v) is 8.98. The molecule has 6 heteroatoms. The van der Waals surface area contributed by atoms with Gasteiger partial charge in [-0.15, -0.1) is 0 Å². The second-order valence-electron chi connectivity index (χ2n) is 6.25. The van der Waals surface area contributed by atoms with Crippen molar-refractivity contribution >= 4 is 22.7 Å². The van der Waals surface area contributed by atoms with E-state index in [0.29, 0.717) is 0 Å². The topological polar surface area (TPSA) is 56.9 Å². The monoisotopic (exact) mass is 330 g/mol. The van der Waals surface area contributed by atoms with Crippen LogP contribution in [0, 0.1) is 0 Å². The zero-order valence-corrected chi connectivity index (χ0v) is 14.7. The molecule has 1 aliphatic heterocycles. The van der Waals surface area contributed by atoms with Crippen molar-refractivity contribution in [3.63, 3.8) is 0 Å². The smallest absolute Gasteiger partial charge is 0.228 e. The van der Waals surface area contributed by atoms with Crippen molar-refractivity contribution in [2.24, 2.45) is 0 Å². The summed E-state index contributed by atoms with van der Waals surface area (Å²) in [5.74, 6) is 1.87. The van der Waals surface area contributed by atoms with E-state index in [9.17, 15) is 0 Å². The molecule has 0 atom stereocenters. The lowest BCUT2D eigenvalue weighted by molar-refractivity contribution is -0.900. The SMILES string of the molecule is CCN(CC)c1nc(N2CC[NH+](CCO)CC2)nc2ccccc12. The highest BCUT2D eigenvalue weighted by Gasteiger charge is 2.23. The Hall–Kier alpha value is -1.92. The molecule has 2 N–H and O–H groups in total. The van der Waals surface area contributed by atoms with Crippen LogP contribution in [0.3, 0.4) is 0 Å². The van der Waals surface area contributed by atoms with Gasteiger partial charge >= 0.3 is 0 Å². The molecular formula is C18H28N5O+. The minimum absolute atomic E-state index is 0.258. The summed E-state index contributed by atoms with van der Waals surface area (Å²) in [4.78, 5) is 15.8. The van der Waals surface area contributed by atoms with Crippen LogP contribution in [0.15, 0.2) is 24.3 Å². The number of quaternary nitrogens is 1. The second-order valence-corrected chi connectivity index (χ2v) is 6.25. The summed E-state index contributed by atoms with van der Waals surface area (Å²) < 4.78 is 0. The fourth-order valence-corrected chi connectivity index (χ4v) is 3.38. The zero-order chi connectivity index (χ0) is 16.9. The number of piperazine rings is 1. The second kappa shape index (κ2) is 7.77. The summed E-state index contributed by atoms with van der Waals surface area (Å²) in [6.07, 6.45) is 0. The van der Waals surface area contributed by atoms with Crippen molar-refractivity contribution in [1.82, 2.24) is 9.97 Å². The third-order valence-electron chi connectivity index (χ3n) is 4.85. The number of rotatable bonds is 6. The molecule has 0 saturated carbocycles. The van der Waals surface area contributed by atoms with Crippen molar-refractivity contribution in [2.75, 3.05) is 62.2 Å². The number of benzene rings is 1. The summed E-state index contributed by atoms with van der Waals surface area (Å²) in [6.45, 7) is 11.2. The molecule has 0 unspecified atom stereocenters. The van der Waals surface area contributed by atoms with Crippen molar-refractivity contribution in [3.05, 3.63) is 24.3 Å². The number of aromatic nitrogens is 2. The molecule has 24 heavy (non-hydrogen) atoms. The molecule has 0 aliphatic carbocycles. The number of nitrogens with one attached hydrogen (secondary N) is 1. The van der Waals surface area contributed by atoms with Crippen molar-refractivity contribution in [1.29, 1.82) is 0 Å². The van der Waals surface area contributed by atoms with E-state index in [2.05, 4.69) is 41.8 Å². The molecule has 1 aromatic carbocycles. The van der Waals surface area contributed by atoms with Gasteiger partial charge in [-0.25, -0.2) is 4.98 Å². The summed E-state index contributed by atoms with van der Waals surface area (Å²) in [5.41, 5.74) is 1.01. The Balaban J connectivity index is 1.91. The maximum absolute atomic E-state index is 9.11. The Bertz CT molecular complexity index is 666. The number of hydrogen-bond donors (Lipinski definition) is 2. The largest absolute Gasteiger partial charge is 0.391 e. The molecule has 2 aromatic rings. The van der Waals surface area contributed by atoms with Crippen LogP contribution in [0.2, 0.25) is 0 Å². The minimum Gasteiger partial charge on any atom is -0.391 e. The normalized spacial score (nSPS) is 15.9. The van der Waals surface area contributed by atoms with Gasteiger partial charge in [0.15, 0.2) is 0 Å². The van der Waals surface area contributed by atoms with E-state index < -0.39 is 0 Å². The number of hydrogen-bond acceptors (Lipinski definition) is 5. The summed E-state index contributed by atoms with van der Waals surface area (Å²) in [6, 6.07) is 8.26. The van der Waals surface area contributed by atoms with Crippen LogP contribution in [-0.2, 0) is 0 Å². The van der Waals surface area contributed by atoms with Gasteiger partial charge in [0.25, 0.3) is 0 Å². The average Bonchev–Trinajstić information content (AvgIpc) is 2.63. The minimum atomic E-state index is 0.258. The van der Waals surface area contributed by atoms with Gasteiger partial charge in [-0.05, 0) is 26.0 Å². The summed E-state index contributed by atoms with van der Waals surface area (Å²) in [5, 5.41) is 10.2. The number of nitrogens with zero attached hydrogens (tertiary/aromatic N) is 4. The molecule has 1 fully saturated rings. The molecule has 0 bridgehead atoms. The van der Waals surface area contributed by atoms with Gasteiger partial charge in [0.1, 0.15) is 12.4 Å². The molecule has 0 radical (unpaired) electrons. The Kier molecular flexibility index (Phi) is 5.48. The van der Waals surface area contributed by atoms with E-state index in [1.54, 1.807) is 0 Å². The highest BCUT2D eigenvalue weighted by Crippen LogP contribution is 2.26. The summed E-state index contributed by atoms with van der Waals surface area (Å²) in [7, 11) is 0. The number of aliphatic hydroxyl groups is 1. The fraction of sp³-hybridized carbons (Fsp3) is 0.556. The first-order chi connectivity index (χ1) is 11.8. The van der Waals surface area contributed by atoms with E-state index in [0.717, 1.165) is 68.5 Å². The predicted octanol–water partition coefficient (Wildman–Crippen LogP) is 0.173. The van der Waals surface area contributed by atoms with Crippen molar-refractivity contribution < 1.29 is 10.0 Å². The van der Waals surface area contributed by atoms with E-state index in [1.807, 2.05) is 6.07 Å². The van der Waals surface area contributed by atoms with Gasteiger partial charge in [0.2, 0.25) is 5.95 Å². The number of para-hydroxylation sites is 1. The van der Waals surface area contributed by atoms with Gasteiger partial charge < -0.3 is 19.8 Å². The molecule has 6 nitrogen and oxygen atoms in total. The van der Waals surface area contributed by atoms with Gasteiger partial charge in [0.05, 0.1) is 38.3 Å². The van der Waals surface area contributed by atoms with E-state index in [4.69, 9.17) is 15.1 Å². The molecule has 2 heterocycles. The fourth-order valence-electron chi connectivity index (χ4n) is 3.38. The van der Waals surface area contributed by atoms with Crippen LogP contribution < -0.4 is 14.7 Å². The lowest BCUT2D eigenvalue weighted by Crippen LogP contribution is -3.15. The molecule has 1 saturated heterocycles. The maximum atomic E-state index is 9.11. The van der Waals surface area contributed by atoms with E-state index >= 15 is 0 Å². The lowest BCUT2D eigenvalue weighted by Gasteiger charge is -2.32. The van der Waals surface area contributed by atoms with E-state index in [-0.39, 0.29) is 6.61 Å². The number of anilines is 2. The highest BCUT2D eigenvalue weighted by molar-refractivity contribution is 5.90. The molecule has 130 valence electrons. The third-order valence-corrected chi connectivity index (χ3v) is 4.85. The van der Waals surface area contributed by atoms with Gasteiger partial charge in [-0.2, -0.15) is 4.98 Å². The molecule has 0 spiro atoms. The Morgan fingerprint density at radius 3 is 2.50 bits per heavy atom. The van der Waals surface area contributed by atoms with Crippen LogP contribution in [0.4, 0.5) is 11.8 Å². The van der Waals surface area contributed by atoms with Crippen LogP contribution in [-0.4, -0.2) is 67.5 Å².